The van der Waals surface area contributed by atoms with Gasteiger partial charge in [0.05, 0.1) is 12.4 Å². The summed E-state index contributed by atoms with van der Waals surface area (Å²) in [6.07, 6.45) is 6.08. The van der Waals surface area contributed by atoms with Crippen LogP contribution in [-0.4, -0.2) is 49.8 Å². The average Bonchev–Trinajstić information content (AvgIpc) is 3.24. The Bertz CT molecular complexity index is 741. The van der Waals surface area contributed by atoms with E-state index in [1.54, 1.807) is 17.4 Å². The van der Waals surface area contributed by atoms with Crippen LogP contribution < -0.4 is 0 Å². The number of amides is 1. The van der Waals surface area contributed by atoms with Crippen molar-refractivity contribution < 1.29 is 15.0 Å². The summed E-state index contributed by atoms with van der Waals surface area (Å²) in [7, 11) is 0. The summed E-state index contributed by atoms with van der Waals surface area (Å²) in [4.78, 5) is 18.3. The molecule has 2 heterocycles. The predicted molar refractivity (Wildman–Crippen MR) is 94.6 cm³/mol. The topological polar surface area (TPSA) is 78.6 Å². The van der Waals surface area contributed by atoms with E-state index in [1.165, 1.54) is 0 Å². The highest BCUT2D eigenvalue weighted by Crippen LogP contribution is 2.36. The molecule has 2 aromatic rings. The lowest BCUT2D eigenvalue weighted by Gasteiger charge is -2.31. The molecule has 0 fully saturated rings. The first-order valence-corrected chi connectivity index (χ1v) is 8.49. The summed E-state index contributed by atoms with van der Waals surface area (Å²) in [6.45, 7) is 3.08. The lowest BCUT2D eigenvalue weighted by Crippen LogP contribution is -2.41. The second kappa shape index (κ2) is 7.53. The number of hydrogen-bond donors (Lipinski definition) is 2. The van der Waals surface area contributed by atoms with Gasteiger partial charge in [-0.05, 0) is 12.0 Å². The fraction of sp³-hybridized carbons (Fsp3) is 0.368. The van der Waals surface area contributed by atoms with Gasteiger partial charge in [0.2, 0.25) is 0 Å². The Kier molecular flexibility index (Phi) is 5.19. The Balaban J connectivity index is 1.82. The first-order chi connectivity index (χ1) is 12.1. The third-order valence-electron chi connectivity index (χ3n) is 4.64. The normalized spacial score (nSPS) is 18.9. The van der Waals surface area contributed by atoms with Gasteiger partial charge in [-0.25, -0.2) is 4.98 Å². The second-order valence-corrected chi connectivity index (χ2v) is 6.39. The molecule has 0 saturated heterocycles. The van der Waals surface area contributed by atoms with Crippen LogP contribution in [0.2, 0.25) is 0 Å². The smallest absolute Gasteiger partial charge is 0.289 e. The molecule has 1 aliphatic rings. The van der Waals surface area contributed by atoms with Crippen molar-refractivity contribution in [3.05, 3.63) is 60.4 Å². The van der Waals surface area contributed by atoms with Crippen LogP contribution in [0.4, 0.5) is 0 Å². The van der Waals surface area contributed by atoms with E-state index in [-0.39, 0.29) is 30.2 Å². The summed E-state index contributed by atoms with van der Waals surface area (Å²) >= 11 is 0. The monoisotopic (exact) mass is 341 g/mol. The maximum Gasteiger partial charge on any atom is 0.289 e. The van der Waals surface area contributed by atoms with Crippen LogP contribution in [-0.2, 0) is 11.3 Å². The second-order valence-electron chi connectivity index (χ2n) is 6.39. The predicted octanol–water partition coefficient (Wildman–Crippen LogP) is 2.08. The van der Waals surface area contributed by atoms with E-state index in [1.807, 2.05) is 48.0 Å². The zero-order chi connectivity index (χ0) is 17.8. The van der Waals surface area contributed by atoms with E-state index in [2.05, 4.69) is 4.98 Å². The van der Waals surface area contributed by atoms with Crippen LogP contribution in [0.5, 0.6) is 0 Å². The Morgan fingerprint density at radius 3 is 2.64 bits per heavy atom. The van der Waals surface area contributed by atoms with Crippen LogP contribution in [0.1, 0.15) is 18.9 Å². The zero-order valence-corrected chi connectivity index (χ0v) is 14.2. The van der Waals surface area contributed by atoms with Gasteiger partial charge in [0.15, 0.2) is 5.76 Å². The molecule has 1 aromatic carbocycles. The SMILES string of the molecule is CC(CO)C1C(c2ccccc2)=C(O)C(=O)N1CCCn1ccnc1. The van der Waals surface area contributed by atoms with E-state index in [9.17, 15) is 15.0 Å². The van der Waals surface area contributed by atoms with Gasteiger partial charge in [-0.3, -0.25) is 4.79 Å². The number of aliphatic hydroxyl groups is 2. The van der Waals surface area contributed by atoms with Crippen molar-refractivity contribution >= 4 is 11.5 Å². The summed E-state index contributed by atoms with van der Waals surface area (Å²) in [5.41, 5.74) is 1.42. The van der Waals surface area contributed by atoms with Gasteiger partial charge in [-0.15, -0.1) is 0 Å². The van der Waals surface area contributed by atoms with Gasteiger partial charge < -0.3 is 19.7 Å². The Morgan fingerprint density at radius 2 is 2.00 bits per heavy atom. The molecule has 132 valence electrons. The van der Waals surface area contributed by atoms with E-state index >= 15 is 0 Å². The van der Waals surface area contributed by atoms with Gasteiger partial charge in [0.25, 0.3) is 5.91 Å². The van der Waals surface area contributed by atoms with Crippen molar-refractivity contribution in [2.45, 2.75) is 25.9 Å². The standard InChI is InChI=1S/C19H23N3O3/c1-14(12-23)17-16(15-6-3-2-4-7-15)18(24)19(25)22(17)10-5-9-21-11-8-20-13-21/h2-4,6-8,11,13-14,17,23-24H,5,9-10,12H2,1H3. The third-order valence-corrected chi connectivity index (χ3v) is 4.64. The maximum atomic E-state index is 12.6. The number of rotatable bonds is 7. The summed E-state index contributed by atoms with van der Waals surface area (Å²) in [5.74, 6) is -0.744. The van der Waals surface area contributed by atoms with Crippen molar-refractivity contribution in [3.63, 3.8) is 0 Å². The minimum atomic E-state index is -0.366. The van der Waals surface area contributed by atoms with Gasteiger partial charge in [0.1, 0.15) is 0 Å². The molecule has 0 spiro atoms. The number of benzene rings is 1. The van der Waals surface area contributed by atoms with Crippen molar-refractivity contribution in [1.29, 1.82) is 0 Å². The van der Waals surface area contributed by atoms with Gasteiger partial charge in [-0.2, -0.15) is 0 Å². The molecule has 3 rings (SSSR count). The Labute approximate surface area is 147 Å². The molecule has 0 radical (unpaired) electrons. The van der Waals surface area contributed by atoms with Crippen LogP contribution in [0.25, 0.3) is 5.57 Å². The number of imidazole rings is 1. The molecule has 1 amide bonds. The van der Waals surface area contributed by atoms with Gasteiger partial charge in [0, 0.05) is 43.6 Å². The van der Waals surface area contributed by atoms with Crippen LogP contribution in [0, 0.1) is 5.92 Å². The van der Waals surface area contributed by atoms with Crippen LogP contribution >= 0.6 is 0 Å². The number of hydrogen-bond acceptors (Lipinski definition) is 4. The number of carbonyl (C=O) groups excluding carboxylic acids is 1. The Morgan fingerprint density at radius 1 is 1.24 bits per heavy atom. The molecule has 0 aliphatic carbocycles. The largest absolute Gasteiger partial charge is 0.503 e. The molecule has 2 unspecified atom stereocenters. The highest BCUT2D eigenvalue weighted by molar-refractivity contribution is 6.05. The van der Waals surface area contributed by atoms with Crippen molar-refractivity contribution in [2.75, 3.05) is 13.2 Å². The zero-order valence-electron chi connectivity index (χ0n) is 14.2. The summed E-state index contributed by atoms with van der Waals surface area (Å²) in [5, 5.41) is 20.1. The maximum absolute atomic E-state index is 12.6. The van der Waals surface area contributed by atoms with Crippen molar-refractivity contribution in [1.82, 2.24) is 14.5 Å². The highest BCUT2D eigenvalue weighted by Gasteiger charge is 2.42. The summed E-state index contributed by atoms with van der Waals surface area (Å²) < 4.78 is 1.95. The molecular weight excluding hydrogens is 318 g/mol. The van der Waals surface area contributed by atoms with Gasteiger partial charge in [-0.1, -0.05) is 37.3 Å². The van der Waals surface area contributed by atoms with E-state index in [4.69, 9.17) is 0 Å². The number of aromatic nitrogens is 2. The molecular formula is C19H23N3O3. The molecule has 0 bridgehead atoms. The van der Waals surface area contributed by atoms with Gasteiger partial charge >= 0.3 is 0 Å². The van der Waals surface area contributed by atoms with Crippen LogP contribution in [0.3, 0.4) is 0 Å². The fourth-order valence-corrected chi connectivity index (χ4v) is 3.37. The Hall–Kier alpha value is -2.60. The minimum Gasteiger partial charge on any atom is -0.503 e. The van der Waals surface area contributed by atoms with Crippen molar-refractivity contribution in [2.24, 2.45) is 5.92 Å². The molecule has 6 nitrogen and oxygen atoms in total. The minimum absolute atomic E-state index is 0.0560. The molecule has 1 aromatic heterocycles. The van der Waals surface area contributed by atoms with Crippen LogP contribution in [0.15, 0.2) is 54.8 Å². The molecule has 6 heteroatoms. The molecule has 2 atom stereocenters. The fourth-order valence-electron chi connectivity index (χ4n) is 3.37. The number of aryl methyl sites for hydroxylation is 1. The summed E-state index contributed by atoms with van der Waals surface area (Å²) in [6, 6.07) is 9.08. The molecule has 1 aliphatic heterocycles. The lowest BCUT2D eigenvalue weighted by molar-refractivity contribution is -0.130. The number of aliphatic hydroxyl groups excluding tert-OH is 2. The van der Waals surface area contributed by atoms with E-state index in [0.717, 1.165) is 18.5 Å². The van der Waals surface area contributed by atoms with Crippen molar-refractivity contribution in [3.8, 4) is 0 Å². The molecule has 2 N–H and O–H groups in total. The molecule has 25 heavy (non-hydrogen) atoms. The van der Waals surface area contributed by atoms with E-state index in [0.29, 0.717) is 12.1 Å². The first kappa shape index (κ1) is 17.2. The molecule has 0 saturated carbocycles. The lowest BCUT2D eigenvalue weighted by atomic mass is 9.90. The highest BCUT2D eigenvalue weighted by atomic mass is 16.3. The van der Waals surface area contributed by atoms with E-state index < -0.39 is 0 Å². The first-order valence-electron chi connectivity index (χ1n) is 8.49. The quantitative estimate of drug-likeness (QED) is 0.808. The average molecular weight is 341 g/mol. The number of carbonyl (C=O) groups is 1. The third kappa shape index (κ3) is 3.44. The number of nitrogens with zero attached hydrogens (tertiary/aromatic N) is 3.